The molecule has 2 aliphatic rings. The Balaban J connectivity index is 1.50. The molecule has 2 bridgehead atoms. The first-order chi connectivity index (χ1) is 13.5. The zero-order valence-corrected chi connectivity index (χ0v) is 16.3. The van der Waals surface area contributed by atoms with Gasteiger partial charge < -0.3 is 8.98 Å². The van der Waals surface area contributed by atoms with Gasteiger partial charge in [0.05, 0.1) is 0 Å². The first kappa shape index (κ1) is 17.4. The molecule has 5 nitrogen and oxygen atoms in total. The van der Waals surface area contributed by atoms with E-state index in [0.717, 1.165) is 54.8 Å². The number of fused-ring (bicyclic) bond motifs is 5. The van der Waals surface area contributed by atoms with Crippen LogP contribution in [0.4, 0.5) is 0 Å². The van der Waals surface area contributed by atoms with Crippen LogP contribution in [0.15, 0.2) is 50.4 Å². The van der Waals surface area contributed by atoms with Gasteiger partial charge >= 0.3 is 5.63 Å². The number of piperidine rings is 1. The second-order valence-corrected chi connectivity index (χ2v) is 8.44. The fourth-order valence-electron chi connectivity index (χ4n) is 5.17. The molecule has 2 aliphatic heterocycles. The second kappa shape index (κ2) is 6.45. The van der Waals surface area contributed by atoms with Crippen molar-refractivity contribution in [2.24, 2.45) is 5.92 Å². The molecule has 0 saturated carbocycles. The molecule has 1 saturated heterocycles. The van der Waals surface area contributed by atoms with Gasteiger partial charge in [-0.15, -0.1) is 0 Å². The summed E-state index contributed by atoms with van der Waals surface area (Å²) in [5.74, 6) is 0.845. The average molecular weight is 376 g/mol. The quantitative estimate of drug-likeness (QED) is 0.645. The molecule has 0 unspecified atom stereocenters. The summed E-state index contributed by atoms with van der Waals surface area (Å²) in [6.07, 6.45) is 1.13. The lowest BCUT2D eigenvalue weighted by molar-refractivity contribution is 0.114. The monoisotopic (exact) mass is 376 g/mol. The maximum Gasteiger partial charge on any atom is 0.336 e. The number of aromatic nitrogens is 1. The summed E-state index contributed by atoms with van der Waals surface area (Å²) < 4.78 is 7.45. The van der Waals surface area contributed by atoms with Gasteiger partial charge in [0, 0.05) is 55.3 Å². The maximum atomic E-state index is 12.2. The van der Waals surface area contributed by atoms with Crippen LogP contribution in [-0.2, 0) is 13.1 Å². The van der Waals surface area contributed by atoms with E-state index >= 15 is 0 Å². The molecule has 144 valence electrons. The molecule has 28 heavy (non-hydrogen) atoms. The van der Waals surface area contributed by atoms with Crippen molar-refractivity contribution in [3.63, 3.8) is 0 Å². The van der Waals surface area contributed by atoms with E-state index in [0.29, 0.717) is 17.4 Å². The molecule has 2 aromatic heterocycles. The molecular formula is C23H24N2O3. The molecule has 0 N–H and O–H groups in total. The van der Waals surface area contributed by atoms with Gasteiger partial charge in [-0.1, -0.05) is 12.1 Å². The predicted octanol–water partition coefficient (Wildman–Crippen LogP) is 3.19. The van der Waals surface area contributed by atoms with Gasteiger partial charge in [-0.25, -0.2) is 4.79 Å². The first-order valence-corrected chi connectivity index (χ1v) is 9.94. The number of likely N-dealkylation sites (tertiary alicyclic amines) is 1. The van der Waals surface area contributed by atoms with Gasteiger partial charge in [0.15, 0.2) is 0 Å². The Hall–Kier alpha value is -2.66. The highest BCUT2D eigenvalue weighted by atomic mass is 16.4. The molecule has 2 atom stereocenters. The summed E-state index contributed by atoms with van der Waals surface area (Å²) in [5.41, 5.74) is 4.87. The van der Waals surface area contributed by atoms with Crippen LogP contribution in [-0.4, -0.2) is 22.6 Å². The number of rotatable bonds is 2. The van der Waals surface area contributed by atoms with Crippen molar-refractivity contribution in [1.29, 1.82) is 0 Å². The molecule has 0 spiro atoms. The van der Waals surface area contributed by atoms with Crippen molar-refractivity contribution < 1.29 is 4.42 Å². The van der Waals surface area contributed by atoms with Gasteiger partial charge in [-0.05, 0) is 55.0 Å². The van der Waals surface area contributed by atoms with E-state index in [1.807, 2.05) is 17.6 Å². The van der Waals surface area contributed by atoms with E-state index < -0.39 is 0 Å². The Bertz CT molecular complexity index is 1190. The van der Waals surface area contributed by atoms with Crippen LogP contribution in [0.1, 0.15) is 34.7 Å². The van der Waals surface area contributed by atoms with Crippen molar-refractivity contribution in [3.8, 4) is 0 Å². The predicted molar refractivity (Wildman–Crippen MR) is 109 cm³/mol. The first-order valence-electron chi connectivity index (χ1n) is 9.94. The van der Waals surface area contributed by atoms with Crippen LogP contribution in [0.5, 0.6) is 0 Å². The molecular weight excluding hydrogens is 352 g/mol. The van der Waals surface area contributed by atoms with Gasteiger partial charge in [0.25, 0.3) is 5.56 Å². The Morgan fingerprint density at radius 1 is 1.07 bits per heavy atom. The van der Waals surface area contributed by atoms with Gasteiger partial charge in [-0.3, -0.25) is 9.69 Å². The number of benzene rings is 1. The van der Waals surface area contributed by atoms with Gasteiger partial charge in [-0.2, -0.15) is 0 Å². The summed E-state index contributed by atoms with van der Waals surface area (Å²) in [5, 5.41) is 1.03. The Labute approximate surface area is 163 Å². The topological polar surface area (TPSA) is 55.5 Å². The van der Waals surface area contributed by atoms with Crippen LogP contribution < -0.4 is 11.2 Å². The maximum absolute atomic E-state index is 12.2. The van der Waals surface area contributed by atoms with E-state index in [-0.39, 0.29) is 11.2 Å². The molecule has 1 aromatic carbocycles. The Morgan fingerprint density at radius 2 is 1.93 bits per heavy atom. The molecule has 5 heteroatoms. The van der Waals surface area contributed by atoms with Crippen molar-refractivity contribution in [2.75, 3.05) is 13.1 Å². The van der Waals surface area contributed by atoms with E-state index in [1.165, 1.54) is 5.56 Å². The SMILES string of the molecule is Cc1cc(C)c2oc(=O)cc(CN3C[C@@H]4C[C@H](C3)c3cccc(=O)n3C4)c2c1. The van der Waals surface area contributed by atoms with Crippen molar-refractivity contribution in [2.45, 2.75) is 39.3 Å². The highest BCUT2D eigenvalue weighted by Crippen LogP contribution is 2.36. The average Bonchev–Trinajstić information content (AvgIpc) is 2.64. The number of hydrogen-bond donors (Lipinski definition) is 0. The van der Waals surface area contributed by atoms with E-state index in [4.69, 9.17) is 4.42 Å². The molecule has 5 rings (SSSR count). The van der Waals surface area contributed by atoms with Crippen LogP contribution in [0.25, 0.3) is 11.0 Å². The standard InChI is InChI=1S/C23H24N2O3/c1-14-6-15(2)23-19(7-14)17(9-22(27)28-23)12-24-10-16-8-18(13-24)20-4-3-5-21(26)25(20)11-16/h3-7,9,16,18H,8,10-13H2,1-2H3/t16-,18+/m0/s1. The molecule has 0 amide bonds. The molecule has 0 aliphatic carbocycles. The smallest absolute Gasteiger partial charge is 0.336 e. The lowest BCUT2D eigenvalue weighted by Gasteiger charge is -2.42. The zero-order valence-electron chi connectivity index (χ0n) is 16.3. The zero-order chi connectivity index (χ0) is 19.4. The summed E-state index contributed by atoms with van der Waals surface area (Å²) >= 11 is 0. The normalized spacial score (nSPS) is 21.6. The highest BCUT2D eigenvalue weighted by Gasteiger charge is 2.34. The number of nitrogens with zero attached hydrogens (tertiary/aromatic N) is 2. The minimum absolute atomic E-state index is 0.110. The number of hydrogen-bond acceptors (Lipinski definition) is 4. The van der Waals surface area contributed by atoms with E-state index in [1.54, 1.807) is 12.1 Å². The van der Waals surface area contributed by atoms with Gasteiger partial charge in [0.1, 0.15) is 5.58 Å². The molecule has 1 fully saturated rings. The fourth-order valence-corrected chi connectivity index (χ4v) is 5.17. The van der Waals surface area contributed by atoms with Crippen LogP contribution >= 0.6 is 0 Å². The third kappa shape index (κ3) is 2.90. The molecule has 0 radical (unpaired) electrons. The molecule has 4 heterocycles. The minimum atomic E-state index is -0.288. The van der Waals surface area contributed by atoms with Crippen molar-refractivity contribution >= 4 is 11.0 Å². The lowest BCUT2D eigenvalue weighted by atomic mass is 9.83. The third-order valence-corrected chi connectivity index (χ3v) is 6.21. The van der Waals surface area contributed by atoms with Crippen LogP contribution in [0.2, 0.25) is 0 Å². The Morgan fingerprint density at radius 3 is 2.79 bits per heavy atom. The Kier molecular flexibility index (Phi) is 4.02. The van der Waals surface area contributed by atoms with Crippen molar-refractivity contribution in [3.05, 3.63) is 79.6 Å². The highest BCUT2D eigenvalue weighted by molar-refractivity contribution is 5.83. The van der Waals surface area contributed by atoms with E-state index in [2.05, 4.69) is 30.0 Å². The molecule has 3 aromatic rings. The summed E-state index contributed by atoms with van der Waals surface area (Å²) in [7, 11) is 0. The minimum Gasteiger partial charge on any atom is -0.422 e. The lowest BCUT2D eigenvalue weighted by Crippen LogP contribution is -2.46. The second-order valence-electron chi connectivity index (χ2n) is 8.44. The number of pyridine rings is 1. The summed E-state index contributed by atoms with van der Waals surface area (Å²) in [4.78, 5) is 26.8. The van der Waals surface area contributed by atoms with Crippen LogP contribution in [0.3, 0.4) is 0 Å². The fraction of sp³-hybridized carbons (Fsp3) is 0.391. The van der Waals surface area contributed by atoms with Crippen LogP contribution in [0, 0.1) is 19.8 Å². The summed E-state index contributed by atoms with van der Waals surface area (Å²) in [6, 6.07) is 11.4. The summed E-state index contributed by atoms with van der Waals surface area (Å²) in [6.45, 7) is 7.44. The van der Waals surface area contributed by atoms with Crippen molar-refractivity contribution in [1.82, 2.24) is 9.47 Å². The largest absolute Gasteiger partial charge is 0.422 e. The number of aryl methyl sites for hydroxylation is 2. The van der Waals surface area contributed by atoms with E-state index in [9.17, 15) is 9.59 Å². The van der Waals surface area contributed by atoms with Gasteiger partial charge in [0.2, 0.25) is 0 Å². The third-order valence-electron chi connectivity index (χ3n) is 6.21.